The van der Waals surface area contributed by atoms with Crippen molar-refractivity contribution >= 4 is 40.4 Å². The lowest BCUT2D eigenvalue weighted by molar-refractivity contribution is -0.133. The Kier molecular flexibility index (Phi) is 8.32. The number of carbonyl (C=O) groups excluding carboxylic acids is 2. The number of halogens is 1. The van der Waals surface area contributed by atoms with Gasteiger partial charge in [-0.1, -0.05) is 41.9 Å². The molecule has 0 radical (unpaired) electrons. The molecule has 2 aromatic carbocycles. The molecule has 1 fully saturated rings. The summed E-state index contributed by atoms with van der Waals surface area (Å²) in [5.74, 6) is 0.182. The van der Waals surface area contributed by atoms with Crippen molar-refractivity contribution in [3.05, 3.63) is 69.6 Å². The van der Waals surface area contributed by atoms with Crippen molar-refractivity contribution in [1.82, 2.24) is 9.88 Å². The van der Waals surface area contributed by atoms with E-state index in [1.807, 2.05) is 65.7 Å². The minimum absolute atomic E-state index is 0.144. The first-order valence-electron chi connectivity index (χ1n) is 11.5. The Labute approximate surface area is 208 Å². The maximum Gasteiger partial charge on any atom is 0.275 e. The Bertz CT molecular complexity index is 1120. The van der Waals surface area contributed by atoms with Crippen LogP contribution in [0.2, 0.25) is 5.02 Å². The highest BCUT2D eigenvalue weighted by Crippen LogP contribution is 2.32. The van der Waals surface area contributed by atoms with Gasteiger partial charge in [0, 0.05) is 47.3 Å². The summed E-state index contributed by atoms with van der Waals surface area (Å²) in [4.78, 5) is 31.8. The monoisotopic (exact) mass is 497 g/mol. The second kappa shape index (κ2) is 11.6. The zero-order valence-electron chi connectivity index (χ0n) is 19.1. The quantitative estimate of drug-likeness (QED) is 0.396. The average Bonchev–Trinajstić information content (AvgIpc) is 3.36. The third kappa shape index (κ3) is 6.03. The normalized spacial score (nSPS) is 14.2. The average molecular weight is 498 g/mol. The van der Waals surface area contributed by atoms with Gasteiger partial charge in [-0.25, -0.2) is 4.98 Å². The maximum atomic E-state index is 13.0. The summed E-state index contributed by atoms with van der Waals surface area (Å²) in [7, 11) is 0. The van der Waals surface area contributed by atoms with Crippen LogP contribution in [0.4, 0.5) is 5.69 Å². The van der Waals surface area contributed by atoms with Gasteiger partial charge in [0.05, 0.1) is 18.0 Å². The zero-order valence-corrected chi connectivity index (χ0v) is 20.7. The number of hydrogen-bond donors (Lipinski definition) is 1. The number of benzene rings is 2. The lowest BCUT2D eigenvalue weighted by Gasteiger charge is -2.31. The summed E-state index contributed by atoms with van der Waals surface area (Å²) in [5.41, 5.74) is 3.04. The van der Waals surface area contributed by atoms with Gasteiger partial charge in [-0.05, 0) is 43.5 Å². The van der Waals surface area contributed by atoms with Crippen molar-refractivity contribution in [3.63, 3.8) is 0 Å². The molecule has 3 aromatic rings. The minimum atomic E-state index is -0.229. The smallest absolute Gasteiger partial charge is 0.275 e. The Morgan fingerprint density at radius 2 is 1.88 bits per heavy atom. The fraction of sp³-hybridized carbons (Fsp3) is 0.346. The first-order chi connectivity index (χ1) is 16.5. The summed E-state index contributed by atoms with van der Waals surface area (Å²) in [6.07, 6.45) is 2.14. The highest BCUT2D eigenvalue weighted by atomic mass is 35.5. The van der Waals surface area contributed by atoms with Crippen molar-refractivity contribution in [1.29, 1.82) is 0 Å². The lowest BCUT2D eigenvalue weighted by atomic mass is 9.97. The minimum Gasteiger partial charge on any atom is -0.381 e. The molecular formula is C26H28ClN3O3S. The molecular weight excluding hydrogens is 470 g/mol. The molecule has 2 amide bonds. The highest BCUT2D eigenvalue weighted by molar-refractivity contribution is 7.10. The van der Waals surface area contributed by atoms with E-state index in [1.54, 1.807) is 0 Å². The van der Waals surface area contributed by atoms with Crippen LogP contribution in [0.25, 0.3) is 11.1 Å². The second-order valence-electron chi connectivity index (χ2n) is 8.18. The summed E-state index contributed by atoms with van der Waals surface area (Å²) < 4.78 is 5.29. The third-order valence-electron chi connectivity index (χ3n) is 5.95. The van der Waals surface area contributed by atoms with E-state index in [0.717, 1.165) is 34.7 Å². The van der Waals surface area contributed by atoms with Crippen molar-refractivity contribution < 1.29 is 14.3 Å². The Balaban J connectivity index is 1.37. The number of nitrogens with zero attached hydrogens (tertiary/aromatic N) is 2. The molecule has 1 aromatic heterocycles. The second-order valence-corrected chi connectivity index (χ2v) is 9.51. The molecule has 0 unspecified atom stereocenters. The van der Waals surface area contributed by atoms with Gasteiger partial charge in [0.25, 0.3) is 5.91 Å². The highest BCUT2D eigenvalue weighted by Gasteiger charge is 2.26. The molecule has 178 valence electrons. The van der Waals surface area contributed by atoms with Gasteiger partial charge in [0.1, 0.15) is 5.69 Å². The van der Waals surface area contributed by atoms with E-state index in [1.165, 1.54) is 11.3 Å². The molecule has 0 atom stereocenters. The van der Waals surface area contributed by atoms with E-state index in [2.05, 4.69) is 10.3 Å². The molecule has 0 saturated carbocycles. The van der Waals surface area contributed by atoms with Crippen LogP contribution in [0.15, 0.2) is 53.9 Å². The first-order valence-corrected chi connectivity index (χ1v) is 12.8. The largest absolute Gasteiger partial charge is 0.381 e. The van der Waals surface area contributed by atoms with E-state index in [0.29, 0.717) is 43.4 Å². The zero-order chi connectivity index (χ0) is 23.9. The number of anilines is 1. The van der Waals surface area contributed by atoms with Gasteiger partial charge in [0.15, 0.2) is 0 Å². The molecule has 1 aliphatic heterocycles. The number of carbonyl (C=O) groups is 2. The summed E-state index contributed by atoms with van der Waals surface area (Å²) >= 11 is 7.53. The van der Waals surface area contributed by atoms with Gasteiger partial charge < -0.3 is 15.0 Å². The molecule has 0 spiro atoms. The van der Waals surface area contributed by atoms with Crippen LogP contribution in [0, 0.1) is 0 Å². The Morgan fingerprint density at radius 1 is 1.15 bits per heavy atom. The summed E-state index contributed by atoms with van der Waals surface area (Å²) in [5, 5.41) is 6.45. The SMILES string of the molecule is CCOCCC(=O)N1CCC(c2nc(C(=O)Nc3ccccc3-c3ccc(Cl)cc3)cs2)CC1. The molecule has 8 heteroatoms. The molecule has 0 bridgehead atoms. The van der Waals surface area contributed by atoms with Crippen molar-refractivity contribution in [2.75, 3.05) is 31.6 Å². The van der Waals surface area contributed by atoms with Crippen LogP contribution in [0.5, 0.6) is 0 Å². The molecule has 4 rings (SSSR count). The first kappa shape index (κ1) is 24.4. The molecule has 0 aliphatic carbocycles. The number of thiazole rings is 1. The molecule has 1 aliphatic rings. The van der Waals surface area contributed by atoms with Crippen LogP contribution in [-0.2, 0) is 9.53 Å². The van der Waals surface area contributed by atoms with E-state index in [-0.39, 0.29) is 17.7 Å². The fourth-order valence-corrected chi connectivity index (χ4v) is 5.17. The van der Waals surface area contributed by atoms with Crippen LogP contribution in [0.1, 0.15) is 47.6 Å². The summed E-state index contributed by atoms with van der Waals surface area (Å²) in [6, 6.07) is 15.2. The number of hydrogen-bond acceptors (Lipinski definition) is 5. The number of nitrogens with one attached hydrogen (secondary N) is 1. The van der Waals surface area contributed by atoms with Crippen molar-refractivity contribution in [2.24, 2.45) is 0 Å². The molecule has 6 nitrogen and oxygen atoms in total. The number of likely N-dealkylation sites (tertiary alicyclic amines) is 1. The number of rotatable bonds is 8. The van der Waals surface area contributed by atoms with Crippen molar-refractivity contribution in [3.8, 4) is 11.1 Å². The fourth-order valence-electron chi connectivity index (χ4n) is 4.08. The van der Waals surface area contributed by atoms with Gasteiger partial charge in [0.2, 0.25) is 5.91 Å². The van der Waals surface area contributed by atoms with Crippen LogP contribution in [-0.4, -0.2) is 48.0 Å². The van der Waals surface area contributed by atoms with Crippen LogP contribution >= 0.6 is 22.9 Å². The van der Waals surface area contributed by atoms with E-state index in [4.69, 9.17) is 16.3 Å². The van der Waals surface area contributed by atoms with Gasteiger partial charge in [-0.2, -0.15) is 0 Å². The predicted octanol–water partition coefficient (Wildman–Crippen LogP) is 5.85. The molecule has 1 N–H and O–H groups in total. The number of piperidine rings is 1. The molecule has 1 saturated heterocycles. The van der Waals surface area contributed by atoms with Gasteiger partial charge >= 0.3 is 0 Å². The van der Waals surface area contributed by atoms with E-state index in [9.17, 15) is 9.59 Å². The number of para-hydroxylation sites is 1. The molecule has 2 heterocycles. The molecule has 34 heavy (non-hydrogen) atoms. The maximum absolute atomic E-state index is 13.0. The van der Waals surface area contributed by atoms with Crippen LogP contribution in [0.3, 0.4) is 0 Å². The Morgan fingerprint density at radius 3 is 2.62 bits per heavy atom. The number of amides is 2. The third-order valence-corrected chi connectivity index (χ3v) is 7.21. The topological polar surface area (TPSA) is 71.5 Å². The summed E-state index contributed by atoms with van der Waals surface area (Å²) in [6.45, 7) is 4.46. The van der Waals surface area contributed by atoms with E-state index >= 15 is 0 Å². The van der Waals surface area contributed by atoms with Crippen molar-refractivity contribution in [2.45, 2.75) is 32.1 Å². The Hall–Kier alpha value is -2.74. The van der Waals surface area contributed by atoms with Gasteiger partial charge in [-0.3, -0.25) is 9.59 Å². The predicted molar refractivity (Wildman–Crippen MR) is 137 cm³/mol. The van der Waals surface area contributed by atoms with E-state index < -0.39 is 0 Å². The van der Waals surface area contributed by atoms with Gasteiger partial charge in [-0.15, -0.1) is 11.3 Å². The van der Waals surface area contributed by atoms with Crippen LogP contribution < -0.4 is 5.32 Å². The number of aromatic nitrogens is 1. The lowest BCUT2D eigenvalue weighted by Crippen LogP contribution is -2.38. The standard InChI is InChI=1S/C26H28ClN3O3S/c1-2-33-16-13-24(31)30-14-11-19(12-15-30)26-29-23(17-34-26)25(32)28-22-6-4-3-5-21(22)18-7-9-20(27)10-8-18/h3-10,17,19H,2,11-16H2,1H3,(H,28,32). The number of ether oxygens (including phenoxy) is 1.